The number of ether oxygens (including phenoxy) is 3. The molecule has 3 heteroatoms. The molecule has 0 radical (unpaired) electrons. The first-order valence-electron chi connectivity index (χ1n) is 3.40. The van der Waals surface area contributed by atoms with Gasteiger partial charge < -0.3 is 14.2 Å². The second kappa shape index (κ2) is 4.79. The Morgan fingerprint density at radius 1 is 1.27 bits per heavy atom. The Balaban J connectivity index is 3.98. The molecule has 64 valence electrons. The quantitative estimate of drug-likeness (QED) is 0.437. The molecule has 11 heavy (non-hydrogen) atoms. The fourth-order valence-electron chi connectivity index (χ4n) is 0.661. The highest BCUT2D eigenvalue weighted by atomic mass is 16.9. The Bertz CT molecular complexity index is 121. The van der Waals surface area contributed by atoms with Crippen LogP contribution in [0.4, 0.5) is 0 Å². The molecule has 0 amide bonds. The first kappa shape index (κ1) is 10.0. The molecular formula is C8H14O3. The minimum atomic E-state index is -1.09. The standard InChI is InChI=1S/C8H14O3/c1-5-9-8(4,10-6-2)11-7-3/h5-6H,1-2,7H2,3-4H3. The van der Waals surface area contributed by atoms with Crippen molar-refractivity contribution in [2.45, 2.75) is 19.8 Å². The van der Waals surface area contributed by atoms with Crippen LogP contribution < -0.4 is 0 Å². The van der Waals surface area contributed by atoms with Crippen molar-refractivity contribution in [3.63, 3.8) is 0 Å². The Morgan fingerprint density at radius 2 is 1.73 bits per heavy atom. The van der Waals surface area contributed by atoms with E-state index >= 15 is 0 Å². The summed E-state index contributed by atoms with van der Waals surface area (Å²) in [5.41, 5.74) is 0. The Morgan fingerprint density at radius 3 is 2.00 bits per heavy atom. The van der Waals surface area contributed by atoms with Crippen molar-refractivity contribution in [1.82, 2.24) is 0 Å². The average molecular weight is 158 g/mol. The van der Waals surface area contributed by atoms with Crippen LogP contribution in [0.25, 0.3) is 0 Å². The van der Waals surface area contributed by atoms with Crippen LogP contribution in [0, 0.1) is 0 Å². The molecule has 0 bridgehead atoms. The molecule has 0 unspecified atom stereocenters. The lowest BCUT2D eigenvalue weighted by Crippen LogP contribution is -2.32. The van der Waals surface area contributed by atoms with Gasteiger partial charge in [-0.05, 0) is 6.92 Å². The zero-order valence-corrected chi connectivity index (χ0v) is 7.00. The summed E-state index contributed by atoms with van der Waals surface area (Å²) in [6.07, 6.45) is 2.53. The highest BCUT2D eigenvalue weighted by Gasteiger charge is 2.25. The van der Waals surface area contributed by atoms with Gasteiger partial charge in [-0.2, -0.15) is 0 Å². The number of hydrogen-bond donors (Lipinski definition) is 0. The summed E-state index contributed by atoms with van der Waals surface area (Å²) in [4.78, 5) is 0. The summed E-state index contributed by atoms with van der Waals surface area (Å²) in [5, 5.41) is 0. The van der Waals surface area contributed by atoms with E-state index in [0.29, 0.717) is 6.61 Å². The highest BCUT2D eigenvalue weighted by Crippen LogP contribution is 2.14. The van der Waals surface area contributed by atoms with E-state index in [4.69, 9.17) is 14.2 Å². The summed E-state index contributed by atoms with van der Waals surface area (Å²) >= 11 is 0. The van der Waals surface area contributed by atoms with Crippen LogP contribution in [0.15, 0.2) is 25.7 Å². The topological polar surface area (TPSA) is 27.7 Å². The van der Waals surface area contributed by atoms with Crippen LogP contribution in [0.1, 0.15) is 13.8 Å². The van der Waals surface area contributed by atoms with Gasteiger partial charge in [-0.3, -0.25) is 0 Å². The van der Waals surface area contributed by atoms with Gasteiger partial charge in [-0.15, -0.1) is 0 Å². The Kier molecular flexibility index (Phi) is 4.38. The van der Waals surface area contributed by atoms with E-state index in [9.17, 15) is 0 Å². The number of rotatable bonds is 6. The van der Waals surface area contributed by atoms with Crippen LogP contribution in [-0.4, -0.2) is 12.6 Å². The van der Waals surface area contributed by atoms with Crippen LogP contribution in [-0.2, 0) is 14.2 Å². The average Bonchev–Trinajstić information content (AvgIpc) is 1.88. The van der Waals surface area contributed by atoms with Gasteiger partial charge in [0.15, 0.2) is 0 Å². The molecule has 0 atom stereocenters. The summed E-state index contributed by atoms with van der Waals surface area (Å²) in [6.45, 7) is 10.8. The first-order valence-corrected chi connectivity index (χ1v) is 3.40. The largest absolute Gasteiger partial charge is 0.439 e. The van der Waals surface area contributed by atoms with Gasteiger partial charge in [0.2, 0.25) is 0 Å². The van der Waals surface area contributed by atoms with E-state index in [1.165, 1.54) is 12.5 Å². The summed E-state index contributed by atoms with van der Waals surface area (Å²) < 4.78 is 15.0. The maximum atomic E-state index is 5.12. The van der Waals surface area contributed by atoms with E-state index in [1.807, 2.05) is 6.92 Å². The third kappa shape index (κ3) is 3.68. The molecule has 0 aliphatic rings. The second-order valence-corrected chi connectivity index (χ2v) is 1.86. The molecule has 0 aliphatic carbocycles. The van der Waals surface area contributed by atoms with Crippen molar-refractivity contribution in [2.75, 3.05) is 6.61 Å². The van der Waals surface area contributed by atoms with Gasteiger partial charge >= 0.3 is 5.97 Å². The Labute approximate surface area is 67.3 Å². The fourth-order valence-corrected chi connectivity index (χ4v) is 0.661. The molecule has 0 spiro atoms. The van der Waals surface area contributed by atoms with Crippen molar-refractivity contribution in [3.05, 3.63) is 25.7 Å². The van der Waals surface area contributed by atoms with Crippen LogP contribution in [0.5, 0.6) is 0 Å². The smallest absolute Gasteiger partial charge is 0.367 e. The van der Waals surface area contributed by atoms with Crippen LogP contribution >= 0.6 is 0 Å². The molecule has 3 nitrogen and oxygen atoms in total. The Hall–Kier alpha value is -0.960. The van der Waals surface area contributed by atoms with E-state index in [2.05, 4.69) is 13.2 Å². The third-order valence-corrected chi connectivity index (χ3v) is 1.00. The van der Waals surface area contributed by atoms with Crippen LogP contribution in [0.3, 0.4) is 0 Å². The molecule has 0 aromatic carbocycles. The normalized spacial score (nSPS) is 10.4. The molecule has 0 saturated heterocycles. The van der Waals surface area contributed by atoms with E-state index < -0.39 is 5.97 Å². The van der Waals surface area contributed by atoms with Gasteiger partial charge in [0.05, 0.1) is 19.1 Å². The molecule has 0 aromatic rings. The molecule has 0 fully saturated rings. The van der Waals surface area contributed by atoms with Gasteiger partial charge in [0.25, 0.3) is 0 Å². The predicted octanol–water partition coefficient (Wildman–Crippen LogP) is 2.02. The van der Waals surface area contributed by atoms with Gasteiger partial charge in [-0.1, -0.05) is 13.2 Å². The SMILES string of the molecule is C=COC(C)(OC=C)OCC. The zero-order valence-electron chi connectivity index (χ0n) is 7.00. The van der Waals surface area contributed by atoms with E-state index in [1.54, 1.807) is 6.92 Å². The third-order valence-electron chi connectivity index (χ3n) is 1.00. The minimum Gasteiger partial charge on any atom is -0.439 e. The summed E-state index contributed by atoms with van der Waals surface area (Å²) in [7, 11) is 0. The maximum absolute atomic E-state index is 5.12. The molecule has 0 aromatic heterocycles. The molecule has 0 rings (SSSR count). The minimum absolute atomic E-state index is 0.498. The van der Waals surface area contributed by atoms with Gasteiger partial charge in [-0.25, -0.2) is 0 Å². The van der Waals surface area contributed by atoms with E-state index in [-0.39, 0.29) is 0 Å². The lowest BCUT2D eigenvalue weighted by Gasteiger charge is -2.26. The molecule has 0 aliphatic heterocycles. The molecule has 0 heterocycles. The number of hydrogen-bond acceptors (Lipinski definition) is 3. The molecule has 0 N–H and O–H groups in total. The fraction of sp³-hybridized carbons (Fsp3) is 0.500. The van der Waals surface area contributed by atoms with Crippen LogP contribution in [0.2, 0.25) is 0 Å². The van der Waals surface area contributed by atoms with Crippen molar-refractivity contribution in [2.24, 2.45) is 0 Å². The van der Waals surface area contributed by atoms with Crippen molar-refractivity contribution >= 4 is 0 Å². The van der Waals surface area contributed by atoms with Crippen molar-refractivity contribution < 1.29 is 14.2 Å². The highest BCUT2D eigenvalue weighted by molar-refractivity contribution is 4.61. The second-order valence-electron chi connectivity index (χ2n) is 1.86. The first-order chi connectivity index (χ1) is 5.18. The molecular weight excluding hydrogens is 144 g/mol. The lowest BCUT2D eigenvalue weighted by atomic mass is 10.6. The van der Waals surface area contributed by atoms with Gasteiger partial charge in [0.1, 0.15) is 0 Å². The predicted molar refractivity (Wildman–Crippen MR) is 42.6 cm³/mol. The summed E-state index contributed by atoms with van der Waals surface area (Å²) in [6, 6.07) is 0. The van der Waals surface area contributed by atoms with Gasteiger partial charge in [0, 0.05) is 6.92 Å². The zero-order chi connectivity index (χ0) is 8.74. The van der Waals surface area contributed by atoms with E-state index in [0.717, 1.165) is 0 Å². The summed E-state index contributed by atoms with van der Waals surface area (Å²) in [5.74, 6) is -1.09. The lowest BCUT2D eigenvalue weighted by molar-refractivity contribution is -0.326. The molecule has 0 saturated carbocycles. The maximum Gasteiger partial charge on any atom is 0.367 e. The monoisotopic (exact) mass is 158 g/mol. The van der Waals surface area contributed by atoms with Crippen molar-refractivity contribution in [3.8, 4) is 0 Å². The van der Waals surface area contributed by atoms with Crippen molar-refractivity contribution in [1.29, 1.82) is 0 Å².